The highest BCUT2D eigenvalue weighted by Crippen LogP contribution is 2.22. The van der Waals surface area contributed by atoms with E-state index in [2.05, 4.69) is 25.5 Å². The molecule has 0 aromatic carbocycles. The van der Waals surface area contributed by atoms with E-state index in [1.165, 1.54) is 0 Å². The lowest BCUT2D eigenvalue weighted by Crippen LogP contribution is -2.17. The van der Waals surface area contributed by atoms with Crippen LogP contribution >= 0.6 is 0 Å². The molecule has 0 saturated heterocycles. The predicted molar refractivity (Wildman–Crippen MR) is 84.5 cm³/mol. The van der Waals surface area contributed by atoms with Gasteiger partial charge in [0.15, 0.2) is 5.82 Å². The number of nitrogen functional groups attached to an aromatic ring is 1. The molecule has 8 heteroatoms. The summed E-state index contributed by atoms with van der Waals surface area (Å²) in [6.45, 7) is 7.36. The fourth-order valence-electron chi connectivity index (χ4n) is 2.30. The first-order valence-corrected chi connectivity index (χ1v) is 7.33. The van der Waals surface area contributed by atoms with Crippen molar-refractivity contribution in [3.8, 4) is 0 Å². The van der Waals surface area contributed by atoms with E-state index in [-0.39, 0.29) is 12.0 Å². The van der Waals surface area contributed by atoms with Gasteiger partial charge in [-0.1, -0.05) is 6.92 Å². The Balaban J connectivity index is 2.20. The number of hydrogen-bond donors (Lipinski definition) is 2. The second kappa shape index (κ2) is 7.17. The Morgan fingerprint density at radius 3 is 2.86 bits per heavy atom. The van der Waals surface area contributed by atoms with Crippen LogP contribution in [0.5, 0.6) is 0 Å². The van der Waals surface area contributed by atoms with Gasteiger partial charge in [0.05, 0.1) is 18.3 Å². The van der Waals surface area contributed by atoms with Crippen molar-refractivity contribution in [1.29, 1.82) is 0 Å². The van der Waals surface area contributed by atoms with Gasteiger partial charge in [-0.2, -0.15) is 4.98 Å². The van der Waals surface area contributed by atoms with Crippen LogP contribution in [0.15, 0.2) is 6.33 Å². The number of ether oxygens (including phenoxy) is 1. The number of nitrogens with one attached hydrogen (secondary N) is 1. The van der Waals surface area contributed by atoms with Crippen LogP contribution in [0.4, 0.5) is 11.8 Å². The largest absolute Gasteiger partial charge is 0.383 e. The molecule has 0 spiro atoms. The van der Waals surface area contributed by atoms with E-state index in [0.29, 0.717) is 13.2 Å². The van der Waals surface area contributed by atoms with E-state index in [4.69, 9.17) is 10.5 Å². The van der Waals surface area contributed by atoms with Gasteiger partial charge in [0, 0.05) is 19.2 Å². The molecule has 1 unspecified atom stereocenters. The van der Waals surface area contributed by atoms with Crippen molar-refractivity contribution in [2.75, 3.05) is 24.8 Å². The molecule has 0 amide bonds. The number of aromatic nitrogens is 5. The summed E-state index contributed by atoms with van der Waals surface area (Å²) < 4.78 is 7.06. The minimum absolute atomic E-state index is 0.0583. The van der Waals surface area contributed by atoms with Gasteiger partial charge in [0.25, 0.3) is 0 Å². The Kier molecular flexibility index (Phi) is 5.26. The summed E-state index contributed by atoms with van der Waals surface area (Å²) in [5.74, 6) is 1.84. The Labute approximate surface area is 130 Å². The lowest BCUT2D eigenvalue weighted by Gasteiger charge is -2.18. The van der Waals surface area contributed by atoms with Crippen molar-refractivity contribution in [1.82, 2.24) is 24.7 Å². The monoisotopic (exact) mass is 305 g/mol. The maximum atomic E-state index is 5.78. The highest BCUT2D eigenvalue weighted by molar-refractivity contribution is 5.49. The van der Waals surface area contributed by atoms with Crippen LogP contribution in [0.3, 0.4) is 0 Å². The van der Waals surface area contributed by atoms with Crippen LogP contribution in [0.25, 0.3) is 0 Å². The van der Waals surface area contributed by atoms with Crippen LogP contribution in [0.2, 0.25) is 0 Å². The molecule has 0 radical (unpaired) electrons. The third-order valence-electron chi connectivity index (χ3n) is 3.52. The number of hydrogen-bond acceptors (Lipinski definition) is 7. The van der Waals surface area contributed by atoms with Crippen LogP contribution in [0, 0.1) is 6.92 Å². The van der Waals surface area contributed by atoms with Gasteiger partial charge >= 0.3 is 0 Å². The van der Waals surface area contributed by atoms with Gasteiger partial charge in [0.2, 0.25) is 5.95 Å². The quantitative estimate of drug-likeness (QED) is 0.795. The minimum atomic E-state index is -0.0583. The van der Waals surface area contributed by atoms with Crippen molar-refractivity contribution in [2.24, 2.45) is 0 Å². The topological polar surface area (TPSA) is 104 Å². The summed E-state index contributed by atoms with van der Waals surface area (Å²) in [6, 6.07) is -0.0583. The average molecular weight is 305 g/mol. The number of anilines is 2. The minimum Gasteiger partial charge on any atom is -0.383 e. The summed E-state index contributed by atoms with van der Waals surface area (Å²) in [5.41, 5.74) is 7.74. The van der Waals surface area contributed by atoms with Crippen LogP contribution in [0.1, 0.15) is 37.0 Å². The first kappa shape index (κ1) is 16.2. The zero-order valence-corrected chi connectivity index (χ0v) is 13.5. The van der Waals surface area contributed by atoms with Crippen molar-refractivity contribution in [3.05, 3.63) is 23.4 Å². The lowest BCUT2D eigenvalue weighted by atomic mass is 10.2. The molecule has 3 N–H and O–H groups in total. The van der Waals surface area contributed by atoms with Crippen LogP contribution < -0.4 is 11.1 Å². The average Bonchev–Trinajstić information content (AvgIpc) is 2.96. The van der Waals surface area contributed by atoms with Crippen molar-refractivity contribution in [2.45, 2.75) is 39.8 Å². The number of nitrogens with zero attached hydrogens (tertiary/aromatic N) is 5. The molecule has 1 atom stereocenters. The second-order valence-electron chi connectivity index (χ2n) is 5.10. The fourth-order valence-corrected chi connectivity index (χ4v) is 2.30. The molecule has 0 fully saturated rings. The summed E-state index contributed by atoms with van der Waals surface area (Å²) in [6.07, 6.45) is 2.51. The van der Waals surface area contributed by atoms with E-state index in [1.54, 1.807) is 13.4 Å². The normalized spacial score (nSPS) is 12.4. The number of methoxy groups -OCH3 is 1. The van der Waals surface area contributed by atoms with E-state index >= 15 is 0 Å². The third-order valence-corrected chi connectivity index (χ3v) is 3.52. The Morgan fingerprint density at radius 1 is 1.41 bits per heavy atom. The fraction of sp³-hybridized carbons (Fsp3) is 0.571. The van der Waals surface area contributed by atoms with Crippen molar-refractivity contribution < 1.29 is 4.74 Å². The SMILES string of the molecule is CCc1nc(N)nc(NC(C)c2nncn2CCOC)c1C. The summed E-state index contributed by atoms with van der Waals surface area (Å²) in [5, 5.41) is 11.5. The zero-order valence-electron chi connectivity index (χ0n) is 13.5. The van der Waals surface area contributed by atoms with Crippen molar-refractivity contribution in [3.63, 3.8) is 0 Å². The molecule has 2 rings (SSSR count). The highest BCUT2D eigenvalue weighted by Gasteiger charge is 2.16. The van der Waals surface area contributed by atoms with Gasteiger partial charge in [-0.05, 0) is 20.3 Å². The highest BCUT2D eigenvalue weighted by atomic mass is 16.5. The molecule has 0 aliphatic carbocycles. The number of nitrogens with two attached hydrogens (primary N) is 1. The van der Waals surface area contributed by atoms with Gasteiger partial charge in [-0.3, -0.25) is 0 Å². The maximum Gasteiger partial charge on any atom is 0.222 e. The van der Waals surface area contributed by atoms with Crippen molar-refractivity contribution >= 4 is 11.8 Å². The lowest BCUT2D eigenvalue weighted by molar-refractivity contribution is 0.186. The van der Waals surface area contributed by atoms with Gasteiger partial charge in [-0.15, -0.1) is 10.2 Å². The van der Waals surface area contributed by atoms with E-state index in [9.17, 15) is 0 Å². The zero-order chi connectivity index (χ0) is 16.1. The first-order valence-electron chi connectivity index (χ1n) is 7.33. The third kappa shape index (κ3) is 3.51. The molecular formula is C14H23N7O. The molecule has 2 aromatic heterocycles. The van der Waals surface area contributed by atoms with Gasteiger partial charge in [-0.25, -0.2) is 4.98 Å². The number of rotatable bonds is 7. The second-order valence-corrected chi connectivity index (χ2v) is 5.10. The van der Waals surface area contributed by atoms with E-state index in [0.717, 1.165) is 29.3 Å². The summed E-state index contributed by atoms with van der Waals surface area (Å²) in [4.78, 5) is 8.55. The molecule has 0 aliphatic rings. The first-order chi connectivity index (χ1) is 10.6. The predicted octanol–water partition coefficient (Wildman–Crippen LogP) is 1.34. The van der Waals surface area contributed by atoms with E-state index in [1.807, 2.05) is 25.3 Å². The summed E-state index contributed by atoms with van der Waals surface area (Å²) in [7, 11) is 1.67. The number of aryl methyl sites for hydroxylation is 1. The van der Waals surface area contributed by atoms with Crippen LogP contribution in [-0.4, -0.2) is 38.4 Å². The Hall–Kier alpha value is -2.22. The molecular weight excluding hydrogens is 282 g/mol. The summed E-state index contributed by atoms with van der Waals surface area (Å²) >= 11 is 0. The van der Waals surface area contributed by atoms with Crippen LogP contribution in [-0.2, 0) is 17.7 Å². The molecule has 0 saturated carbocycles. The van der Waals surface area contributed by atoms with E-state index < -0.39 is 0 Å². The molecule has 2 aromatic rings. The maximum absolute atomic E-state index is 5.78. The Morgan fingerprint density at radius 2 is 2.18 bits per heavy atom. The van der Waals surface area contributed by atoms with Gasteiger partial charge < -0.3 is 20.4 Å². The molecule has 8 nitrogen and oxygen atoms in total. The standard InChI is InChI=1S/C14H23N7O/c1-5-11-9(2)12(19-14(15)18-11)17-10(3)13-20-16-8-21(13)6-7-22-4/h8,10H,5-7H2,1-4H3,(H3,15,17,18,19). The molecule has 0 bridgehead atoms. The molecule has 120 valence electrons. The smallest absolute Gasteiger partial charge is 0.222 e. The molecule has 2 heterocycles. The van der Waals surface area contributed by atoms with Gasteiger partial charge in [0.1, 0.15) is 12.1 Å². The molecule has 22 heavy (non-hydrogen) atoms. The Bertz CT molecular complexity index is 626. The molecule has 0 aliphatic heterocycles.